The molecule has 1 aromatic carbocycles. The predicted molar refractivity (Wildman–Crippen MR) is 50.1 cm³/mol. The number of nitriles is 1. The minimum Gasteiger partial charge on any atom is -0.205 e. The van der Waals surface area contributed by atoms with Crippen LogP contribution in [0.5, 0.6) is 0 Å². The van der Waals surface area contributed by atoms with Crippen molar-refractivity contribution in [3.05, 3.63) is 34.6 Å². The second kappa shape index (κ2) is 4.25. The van der Waals surface area contributed by atoms with Gasteiger partial charge in [0.15, 0.2) is 0 Å². The van der Waals surface area contributed by atoms with E-state index in [0.717, 1.165) is 5.56 Å². The van der Waals surface area contributed by atoms with Crippen molar-refractivity contribution < 1.29 is 4.39 Å². The summed E-state index contributed by atoms with van der Waals surface area (Å²) >= 11 is 5.59. The molecule has 68 valence electrons. The van der Waals surface area contributed by atoms with Crippen molar-refractivity contribution in [3.63, 3.8) is 0 Å². The standard InChI is InChI=1S/C10H9ClFN/c1-2-7(6-13)8-3-4-10(12)9(11)5-8/h3-5,7H,2H2,1H3. The molecule has 0 aliphatic rings. The van der Waals surface area contributed by atoms with Crippen molar-refractivity contribution in [2.24, 2.45) is 0 Å². The molecule has 1 atom stereocenters. The van der Waals surface area contributed by atoms with E-state index in [4.69, 9.17) is 16.9 Å². The molecule has 0 aliphatic carbocycles. The Balaban J connectivity index is 3.04. The average molecular weight is 198 g/mol. The van der Waals surface area contributed by atoms with E-state index < -0.39 is 5.82 Å². The van der Waals surface area contributed by atoms with Crippen molar-refractivity contribution in [1.82, 2.24) is 0 Å². The molecule has 0 aliphatic heterocycles. The molecule has 0 radical (unpaired) electrons. The molecular weight excluding hydrogens is 189 g/mol. The Morgan fingerprint density at radius 3 is 2.77 bits per heavy atom. The van der Waals surface area contributed by atoms with Gasteiger partial charge in [-0.25, -0.2) is 4.39 Å². The number of benzene rings is 1. The first-order chi connectivity index (χ1) is 6.19. The maximum atomic E-state index is 12.8. The van der Waals surface area contributed by atoms with E-state index in [9.17, 15) is 4.39 Å². The Labute approximate surface area is 81.8 Å². The minimum absolute atomic E-state index is 0.0752. The van der Waals surface area contributed by atoms with Crippen molar-refractivity contribution in [2.75, 3.05) is 0 Å². The molecule has 0 N–H and O–H groups in total. The van der Waals surface area contributed by atoms with Gasteiger partial charge in [-0.2, -0.15) is 5.26 Å². The molecule has 0 aromatic heterocycles. The number of halogens is 2. The third kappa shape index (κ3) is 2.19. The summed E-state index contributed by atoms with van der Waals surface area (Å²) in [7, 11) is 0. The van der Waals surface area contributed by atoms with Gasteiger partial charge in [0.1, 0.15) is 5.82 Å². The molecule has 1 aromatic rings. The molecule has 0 saturated carbocycles. The Hall–Kier alpha value is -1.07. The third-order valence-corrected chi connectivity index (χ3v) is 2.20. The Kier molecular flexibility index (Phi) is 3.27. The quantitative estimate of drug-likeness (QED) is 0.712. The van der Waals surface area contributed by atoms with E-state index in [2.05, 4.69) is 6.07 Å². The van der Waals surface area contributed by atoms with Gasteiger partial charge in [0.25, 0.3) is 0 Å². The van der Waals surface area contributed by atoms with Gasteiger partial charge >= 0.3 is 0 Å². The molecule has 0 saturated heterocycles. The van der Waals surface area contributed by atoms with E-state index in [1.165, 1.54) is 12.1 Å². The lowest BCUT2D eigenvalue weighted by Gasteiger charge is -2.06. The molecule has 0 heterocycles. The van der Waals surface area contributed by atoms with Crippen LogP contribution in [-0.4, -0.2) is 0 Å². The van der Waals surface area contributed by atoms with Gasteiger partial charge in [-0.1, -0.05) is 24.6 Å². The van der Waals surface area contributed by atoms with Crippen molar-refractivity contribution in [1.29, 1.82) is 5.26 Å². The predicted octanol–water partition coefficient (Wildman–Crippen LogP) is 3.50. The van der Waals surface area contributed by atoms with Crippen LogP contribution in [0.1, 0.15) is 24.8 Å². The van der Waals surface area contributed by atoms with E-state index in [1.54, 1.807) is 6.07 Å². The number of rotatable bonds is 2. The normalized spacial score (nSPS) is 12.2. The monoisotopic (exact) mass is 197 g/mol. The van der Waals surface area contributed by atoms with Crippen LogP contribution < -0.4 is 0 Å². The highest BCUT2D eigenvalue weighted by Crippen LogP contribution is 2.23. The lowest BCUT2D eigenvalue weighted by molar-refractivity contribution is 0.626. The lowest BCUT2D eigenvalue weighted by Crippen LogP contribution is -1.93. The molecule has 13 heavy (non-hydrogen) atoms. The van der Waals surface area contributed by atoms with E-state index in [-0.39, 0.29) is 10.9 Å². The molecule has 1 rings (SSSR count). The minimum atomic E-state index is -0.446. The van der Waals surface area contributed by atoms with Crippen LogP contribution in [0.4, 0.5) is 4.39 Å². The van der Waals surface area contributed by atoms with Gasteiger partial charge in [-0.05, 0) is 24.1 Å². The molecule has 0 spiro atoms. The van der Waals surface area contributed by atoms with Crippen LogP contribution >= 0.6 is 11.6 Å². The fourth-order valence-electron chi connectivity index (χ4n) is 1.13. The summed E-state index contributed by atoms with van der Waals surface area (Å²) in [6.07, 6.45) is 0.707. The van der Waals surface area contributed by atoms with Gasteiger partial charge in [0.05, 0.1) is 17.0 Å². The van der Waals surface area contributed by atoms with Gasteiger partial charge in [-0.15, -0.1) is 0 Å². The summed E-state index contributed by atoms with van der Waals surface area (Å²) in [4.78, 5) is 0. The fraction of sp³-hybridized carbons (Fsp3) is 0.300. The van der Waals surface area contributed by atoms with E-state index >= 15 is 0 Å². The van der Waals surface area contributed by atoms with Crippen LogP contribution in [0.3, 0.4) is 0 Å². The van der Waals surface area contributed by atoms with Crippen molar-refractivity contribution in [3.8, 4) is 6.07 Å². The average Bonchev–Trinajstić information content (AvgIpc) is 2.13. The van der Waals surface area contributed by atoms with Crippen molar-refractivity contribution >= 4 is 11.6 Å². The maximum absolute atomic E-state index is 12.8. The number of nitrogens with zero attached hydrogens (tertiary/aromatic N) is 1. The van der Waals surface area contributed by atoms with E-state index in [0.29, 0.717) is 6.42 Å². The van der Waals surface area contributed by atoms with Crippen molar-refractivity contribution in [2.45, 2.75) is 19.3 Å². The Morgan fingerprint density at radius 1 is 1.62 bits per heavy atom. The Morgan fingerprint density at radius 2 is 2.31 bits per heavy atom. The second-order valence-corrected chi connectivity index (χ2v) is 3.17. The third-order valence-electron chi connectivity index (χ3n) is 1.91. The van der Waals surface area contributed by atoms with Crippen LogP contribution in [0.15, 0.2) is 18.2 Å². The topological polar surface area (TPSA) is 23.8 Å². The summed E-state index contributed by atoms with van der Waals surface area (Å²) in [5.41, 5.74) is 0.774. The molecule has 0 fully saturated rings. The summed E-state index contributed by atoms with van der Waals surface area (Å²) in [6.45, 7) is 1.91. The van der Waals surface area contributed by atoms with Crippen LogP contribution in [0, 0.1) is 17.1 Å². The zero-order valence-corrected chi connectivity index (χ0v) is 7.98. The summed E-state index contributed by atoms with van der Waals surface area (Å²) in [6, 6.07) is 6.53. The first-order valence-electron chi connectivity index (χ1n) is 4.03. The van der Waals surface area contributed by atoms with Gasteiger partial charge in [-0.3, -0.25) is 0 Å². The molecule has 3 heteroatoms. The lowest BCUT2D eigenvalue weighted by atomic mass is 9.98. The second-order valence-electron chi connectivity index (χ2n) is 2.76. The van der Waals surface area contributed by atoms with Gasteiger partial charge < -0.3 is 0 Å². The maximum Gasteiger partial charge on any atom is 0.141 e. The molecule has 0 amide bonds. The highest BCUT2D eigenvalue weighted by molar-refractivity contribution is 6.30. The van der Waals surface area contributed by atoms with Crippen LogP contribution in [0.25, 0.3) is 0 Å². The zero-order chi connectivity index (χ0) is 9.84. The number of hydrogen-bond acceptors (Lipinski definition) is 1. The first-order valence-corrected chi connectivity index (χ1v) is 4.41. The molecular formula is C10H9ClFN. The van der Waals surface area contributed by atoms with E-state index in [1.807, 2.05) is 6.92 Å². The highest BCUT2D eigenvalue weighted by atomic mass is 35.5. The van der Waals surface area contributed by atoms with Gasteiger partial charge in [0, 0.05) is 0 Å². The molecule has 1 unspecified atom stereocenters. The molecule has 0 bridgehead atoms. The summed E-state index contributed by atoms with van der Waals surface area (Å²) in [5.74, 6) is -0.642. The fourth-order valence-corrected chi connectivity index (χ4v) is 1.32. The summed E-state index contributed by atoms with van der Waals surface area (Å²) < 4.78 is 12.8. The van der Waals surface area contributed by atoms with Crippen LogP contribution in [-0.2, 0) is 0 Å². The largest absolute Gasteiger partial charge is 0.205 e. The SMILES string of the molecule is CCC(C#N)c1ccc(F)c(Cl)c1. The highest BCUT2D eigenvalue weighted by Gasteiger charge is 2.09. The zero-order valence-electron chi connectivity index (χ0n) is 7.22. The smallest absolute Gasteiger partial charge is 0.141 e. The molecule has 1 nitrogen and oxygen atoms in total. The first kappa shape index (κ1) is 10.0. The summed E-state index contributed by atoms with van der Waals surface area (Å²) in [5, 5.41) is 8.83. The van der Waals surface area contributed by atoms with Gasteiger partial charge in [0.2, 0.25) is 0 Å². The van der Waals surface area contributed by atoms with Crippen LogP contribution in [0.2, 0.25) is 5.02 Å². The Bertz CT molecular complexity index is 343. The number of hydrogen-bond donors (Lipinski definition) is 0.